The van der Waals surface area contributed by atoms with Gasteiger partial charge in [0.2, 0.25) is 5.91 Å². The Balaban J connectivity index is 1.46. The minimum Gasteiger partial charge on any atom is -0.496 e. The van der Waals surface area contributed by atoms with Gasteiger partial charge in [0.1, 0.15) is 27.7 Å². The third kappa shape index (κ3) is 4.81. The first-order valence-corrected chi connectivity index (χ1v) is 13.5. The lowest BCUT2D eigenvalue weighted by Gasteiger charge is -2.37. The Hall–Kier alpha value is -2.86. The van der Waals surface area contributed by atoms with Crippen molar-refractivity contribution in [2.75, 3.05) is 31.6 Å². The van der Waals surface area contributed by atoms with Gasteiger partial charge in [0.25, 0.3) is 0 Å². The quantitative estimate of drug-likeness (QED) is 0.484. The third-order valence-corrected chi connectivity index (χ3v) is 9.07. The van der Waals surface area contributed by atoms with Crippen molar-refractivity contribution >= 4 is 45.4 Å². The molecule has 2 fully saturated rings. The lowest BCUT2D eigenvalue weighted by atomic mass is 9.77. The molecule has 2 aliphatic rings. The molecule has 2 saturated heterocycles. The van der Waals surface area contributed by atoms with E-state index < -0.39 is 27.4 Å². The molecule has 11 heteroatoms. The maximum atomic E-state index is 13.5. The summed E-state index contributed by atoms with van der Waals surface area (Å²) in [5.41, 5.74) is 7.13. The molecule has 2 atom stereocenters. The number of hydrogen-bond acceptors (Lipinski definition) is 6. The molecule has 2 aromatic rings. The van der Waals surface area contributed by atoms with Crippen LogP contribution in [0.25, 0.3) is 5.57 Å². The second kappa shape index (κ2) is 10.4. The fraction of sp³-hybridized carbons (Fsp3) is 0.333. The van der Waals surface area contributed by atoms with Crippen LogP contribution in [0.4, 0.5) is 5.69 Å². The second-order valence-corrected chi connectivity index (χ2v) is 11.1. The van der Waals surface area contributed by atoms with Gasteiger partial charge < -0.3 is 20.8 Å². The van der Waals surface area contributed by atoms with Crippen LogP contribution < -0.4 is 20.5 Å². The van der Waals surface area contributed by atoms with Gasteiger partial charge in [-0.25, -0.2) is 17.9 Å². The first kappa shape index (κ1) is 25.2. The summed E-state index contributed by atoms with van der Waals surface area (Å²) in [5, 5.41) is 12.9. The van der Waals surface area contributed by atoms with E-state index in [2.05, 4.69) is 0 Å². The highest BCUT2D eigenvalue weighted by Crippen LogP contribution is 2.44. The van der Waals surface area contributed by atoms with Crippen molar-refractivity contribution in [2.45, 2.75) is 29.1 Å². The Labute approximate surface area is 209 Å². The van der Waals surface area contributed by atoms with E-state index in [9.17, 15) is 13.2 Å². The van der Waals surface area contributed by atoms with E-state index in [4.69, 9.17) is 21.0 Å². The van der Waals surface area contributed by atoms with Crippen molar-refractivity contribution in [1.82, 2.24) is 4.31 Å². The summed E-state index contributed by atoms with van der Waals surface area (Å²) < 4.78 is 31.8. The summed E-state index contributed by atoms with van der Waals surface area (Å²) in [6, 6.07) is 12.1. The van der Waals surface area contributed by atoms with Gasteiger partial charge in [-0.05, 0) is 55.7 Å². The van der Waals surface area contributed by atoms with Crippen molar-refractivity contribution in [2.24, 2.45) is 16.3 Å². The van der Waals surface area contributed by atoms with Crippen molar-refractivity contribution in [3.63, 3.8) is 0 Å². The zero-order valence-electron chi connectivity index (χ0n) is 19.4. The van der Waals surface area contributed by atoms with Crippen LogP contribution >= 0.6 is 0 Å². The van der Waals surface area contributed by atoms with E-state index in [0.29, 0.717) is 59.2 Å². The highest BCUT2D eigenvalue weighted by molar-refractivity contribution is 7.83. The number of carbonyl (C=O) groups is 1. The van der Waals surface area contributed by atoms with Gasteiger partial charge in [-0.3, -0.25) is 4.79 Å². The van der Waals surface area contributed by atoms with Crippen molar-refractivity contribution in [3.05, 3.63) is 54.2 Å². The smallest absolute Gasteiger partial charge is 0.233 e. The average Bonchev–Trinajstić information content (AvgIpc) is 3.20. The molecule has 1 spiro atoms. The van der Waals surface area contributed by atoms with Gasteiger partial charge >= 0.3 is 0 Å². The number of allylic oxidation sites excluding steroid dienone is 1. The number of amides is 1. The van der Waals surface area contributed by atoms with Crippen molar-refractivity contribution < 1.29 is 17.9 Å². The van der Waals surface area contributed by atoms with E-state index in [1.165, 1.54) is 12.4 Å². The van der Waals surface area contributed by atoms with Crippen LogP contribution in [0.15, 0.2) is 58.5 Å². The molecule has 2 unspecified atom stereocenters. The highest BCUT2D eigenvalue weighted by atomic mass is 32.2. The van der Waals surface area contributed by atoms with Gasteiger partial charge in [0.05, 0.1) is 22.3 Å². The van der Waals surface area contributed by atoms with Crippen LogP contribution in [0, 0.1) is 10.8 Å². The minimum absolute atomic E-state index is 0.0779. The first-order chi connectivity index (χ1) is 16.8. The van der Waals surface area contributed by atoms with Crippen LogP contribution in [-0.2, 0) is 26.8 Å². The molecule has 0 aliphatic carbocycles. The van der Waals surface area contributed by atoms with Crippen LogP contribution in [0.2, 0.25) is 0 Å². The van der Waals surface area contributed by atoms with Crippen LogP contribution in [0.1, 0.15) is 24.8 Å². The summed E-state index contributed by atoms with van der Waals surface area (Å²) in [6.07, 6.45) is 4.51. The molecule has 0 bridgehead atoms. The Bertz CT molecular complexity index is 1210. The average molecular weight is 516 g/mol. The number of rotatable bonds is 7. The number of hydrogen-bond donors (Lipinski definition) is 3. The second-order valence-electron chi connectivity index (χ2n) is 8.59. The van der Waals surface area contributed by atoms with Crippen LogP contribution in [-0.4, -0.2) is 51.6 Å². The Morgan fingerprint density at radius 1 is 1.06 bits per heavy atom. The summed E-state index contributed by atoms with van der Waals surface area (Å²) >= 11 is 0. The number of ether oxygens (including phenoxy) is 1. The Morgan fingerprint density at radius 3 is 2.26 bits per heavy atom. The third-order valence-electron chi connectivity index (χ3n) is 6.83. The molecule has 0 saturated carbocycles. The maximum absolute atomic E-state index is 13.5. The monoisotopic (exact) mass is 515 g/mol. The predicted octanol–water partition coefficient (Wildman–Crippen LogP) is 2.17. The number of nitrogens with two attached hydrogens (primary N) is 2. The van der Waals surface area contributed by atoms with E-state index in [0.717, 1.165) is 12.1 Å². The standard InChI is InChI=1S/C24H29N5O4S2/c1-33-22-14-18(2-7-21(22)17(15-25)16-26)29-13-10-24(23(29)30)8-11-28(12-9-24)35(32)20-5-3-19(4-6-20)34(27)31/h2-7,14-16,25H,8-13,26-27H2,1H3/b17-16+,25-15?. The van der Waals surface area contributed by atoms with Gasteiger partial charge in [-0.1, -0.05) is 0 Å². The van der Waals surface area contributed by atoms with Crippen molar-refractivity contribution in [1.29, 1.82) is 5.41 Å². The van der Waals surface area contributed by atoms with Crippen LogP contribution in [0.3, 0.4) is 0 Å². The minimum atomic E-state index is -1.57. The fourth-order valence-corrected chi connectivity index (χ4v) is 6.34. The van der Waals surface area contributed by atoms with Crippen LogP contribution in [0.5, 0.6) is 5.75 Å². The molecule has 0 radical (unpaired) electrons. The number of methoxy groups -OCH3 is 1. The molecule has 4 rings (SSSR count). The molecule has 1 amide bonds. The van der Waals surface area contributed by atoms with Crippen molar-refractivity contribution in [3.8, 4) is 5.75 Å². The normalized spacial score (nSPS) is 20.1. The number of piperidine rings is 1. The molecular weight excluding hydrogens is 486 g/mol. The molecule has 2 aromatic carbocycles. The summed E-state index contributed by atoms with van der Waals surface area (Å²) in [5.74, 6) is 0.625. The van der Waals surface area contributed by atoms with Gasteiger partial charge in [0, 0.05) is 54.9 Å². The lowest BCUT2D eigenvalue weighted by molar-refractivity contribution is -0.127. The van der Waals surface area contributed by atoms with E-state index in [1.54, 1.807) is 36.3 Å². The number of anilines is 1. The molecular formula is C24H29N5O4S2. The number of nitrogens with zero attached hydrogens (tertiary/aromatic N) is 2. The molecule has 5 N–H and O–H groups in total. The molecule has 2 aliphatic heterocycles. The zero-order chi connectivity index (χ0) is 25.2. The molecule has 186 valence electrons. The van der Waals surface area contributed by atoms with E-state index in [1.807, 2.05) is 22.5 Å². The number of carbonyl (C=O) groups excluding carboxylic acids is 1. The summed E-state index contributed by atoms with van der Waals surface area (Å²) in [6.45, 7) is 1.69. The largest absolute Gasteiger partial charge is 0.496 e. The van der Waals surface area contributed by atoms with Gasteiger partial charge in [0.15, 0.2) is 0 Å². The molecule has 2 heterocycles. The summed E-state index contributed by atoms with van der Waals surface area (Å²) in [4.78, 5) is 16.4. The number of benzene rings is 2. The molecule has 35 heavy (non-hydrogen) atoms. The zero-order valence-corrected chi connectivity index (χ0v) is 21.1. The van der Waals surface area contributed by atoms with Gasteiger partial charge in [-0.2, -0.15) is 0 Å². The summed E-state index contributed by atoms with van der Waals surface area (Å²) in [7, 11) is -1.38. The Morgan fingerprint density at radius 2 is 1.69 bits per heavy atom. The topological polar surface area (TPSA) is 143 Å². The van der Waals surface area contributed by atoms with E-state index >= 15 is 0 Å². The predicted molar refractivity (Wildman–Crippen MR) is 138 cm³/mol. The van der Waals surface area contributed by atoms with Gasteiger partial charge in [-0.15, -0.1) is 0 Å². The number of nitrogens with one attached hydrogen (secondary N) is 1. The Kier molecular flexibility index (Phi) is 7.50. The molecule has 0 aromatic heterocycles. The lowest BCUT2D eigenvalue weighted by Crippen LogP contribution is -2.45. The fourth-order valence-electron chi connectivity index (χ4n) is 4.75. The first-order valence-electron chi connectivity index (χ1n) is 11.2. The SMILES string of the molecule is COc1cc(N2CCC3(CCN(S(=O)c4ccc(S(N)=O)cc4)CC3)C2=O)ccc1/C(C=N)=C/N. The maximum Gasteiger partial charge on any atom is 0.233 e. The van der Waals surface area contributed by atoms with E-state index in [-0.39, 0.29) is 5.91 Å². The highest BCUT2D eigenvalue weighted by Gasteiger charge is 2.49. The molecule has 9 nitrogen and oxygen atoms in total.